The van der Waals surface area contributed by atoms with E-state index in [2.05, 4.69) is 21.3 Å². The number of hydrogen-bond donors (Lipinski definition) is 6. The second-order valence-electron chi connectivity index (χ2n) is 14.1. The van der Waals surface area contributed by atoms with Gasteiger partial charge in [0.1, 0.15) is 17.7 Å². The number of aliphatic hydroxyl groups excluding tert-OH is 2. The van der Waals surface area contributed by atoms with Gasteiger partial charge in [-0.15, -0.1) is 0 Å². The fourth-order valence-corrected chi connectivity index (χ4v) is 5.99. The molecule has 4 amide bonds. The molecule has 46 heavy (non-hydrogen) atoms. The molecule has 0 aliphatic heterocycles. The number of benzene rings is 1. The van der Waals surface area contributed by atoms with Crippen molar-refractivity contribution in [2.45, 2.75) is 123 Å². The molecule has 1 aromatic carbocycles. The molecule has 1 aliphatic carbocycles. The van der Waals surface area contributed by atoms with E-state index in [0.717, 1.165) is 11.1 Å². The number of alkyl carbamates (subject to hydrolysis) is 1. The summed E-state index contributed by atoms with van der Waals surface area (Å²) in [4.78, 5) is 52.6. The number of hydrogen-bond acceptors (Lipinski definition) is 8. The molecular weight excluding hydrogens is 608 g/mol. The zero-order valence-corrected chi connectivity index (χ0v) is 29.7. The summed E-state index contributed by atoms with van der Waals surface area (Å²) in [5, 5.41) is 33.2. The topological polar surface area (TPSA) is 166 Å². The third-order valence-corrected chi connectivity index (χ3v) is 8.57. The predicted octanol–water partition coefficient (Wildman–Crippen LogP) is 3.47. The fourth-order valence-electron chi connectivity index (χ4n) is 5.52. The molecule has 260 valence electrons. The highest BCUT2D eigenvalue weighted by molar-refractivity contribution is 7.98. The Hall–Kier alpha value is -2.83. The largest absolute Gasteiger partial charge is 0.444 e. The highest BCUT2D eigenvalue weighted by atomic mass is 32.2. The Morgan fingerprint density at radius 2 is 1.61 bits per heavy atom. The van der Waals surface area contributed by atoms with E-state index in [1.54, 1.807) is 41.5 Å². The van der Waals surface area contributed by atoms with Crippen LogP contribution in [0, 0.1) is 17.8 Å². The summed E-state index contributed by atoms with van der Waals surface area (Å²) in [5.74, 6) is -1.42. The molecule has 0 spiro atoms. The van der Waals surface area contributed by atoms with E-state index in [4.69, 9.17) is 4.74 Å². The molecule has 7 atom stereocenters. The summed E-state index contributed by atoms with van der Waals surface area (Å²) in [6.45, 7) is 14.4. The average Bonchev–Trinajstić information content (AvgIpc) is 3.26. The van der Waals surface area contributed by atoms with E-state index >= 15 is 0 Å². The molecule has 1 aliphatic rings. The van der Waals surface area contributed by atoms with Gasteiger partial charge in [-0.05, 0) is 75.0 Å². The van der Waals surface area contributed by atoms with Crippen LogP contribution in [-0.4, -0.2) is 82.0 Å². The molecule has 6 N–H and O–H groups in total. The molecule has 2 rings (SSSR count). The van der Waals surface area contributed by atoms with E-state index in [1.165, 1.54) is 11.8 Å². The van der Waals surface area contributed by atoms with E-state index in [1.807, 2.05) is 44.4 Å². The van der Waals surface area contributed by atoms with Crippen molar-refractivity contribution < 1.29 is 34.1 Å². The Labute approximate surface area is 278 Å². The van der Waals surface area contributed by atoms with Gasteiger partial charge in [0, 0.05) is 12.3 Å². The molecular formula is C34H56N4O7S. The first-order valence-corrected chi connectivity index (χ1v) is 17.7. The van der Waals surface area contributed by atoms with Gasteiger partial charge in [-0.1, -0.05) is 58.9 Å². The third-order valence-electron chi connectivity index (χ3n) is 7.93. The van der Waals surface area contributed by atoms with Gasteiger partial charge in [-0.2, -0.15) is 11.8 Å². The highest BCUT2D eigenvalue weighted by Crippen LogP contribution is 2.31. The van der Waals surface area contributed by atoms with Gasteiger partial charge in [0.05, 0.1) is 24.3 Å². The van der Waals surface area contributed by atoms with Gasteiger partial charge < -0.3 is 36.2 Å². The zero-order valence-electron chi connectivity index (χ0n) is 28.9. The van der Waals surface area contributed by atoms with Crippen LogP contribution in [0.25, 0.3) is 0 Å². The number of aliphatic hydroxyl groups is 2. The van der Waals surface area contributed by atoms with Crippen LogP contribution in [0.5, 0.6) is 0 Å². The summed E-state index contributed by atoms with van der Waals surface area (Å²) in [5.41, 5.74) is 1.15. The van der Waals surface area contributed by atoms with E-state index in [0.29, 0.717) is 25.0 Å². The second-order valence-corrected chi connectivity index (χ2v) is 15.1. The fraction of sp³-hybridized carbons (Fsp3) is 0.706. The summed E-state index contributed by atoms with van der Waals surface area (Å²) < 4.78 is 5.33. The van der Waals surface area contributed by atoms with Gasteiger partial charge in [-0.25, -0.2) is 4.79 Å². The molecule has 0 saturated heterocycles. The van der Waals surface area contributed by atoms with Crippen molar-refractivity contribution in [2.75, 3.05) is 12.0 Å². The van der Waals surface area contributed by atoms with Crippen molar-refractivity contribution in [1.29, 1.82) is 0 Å². The van der Waals surface area contributed by atoms with Crippen LogP contribution in [0.15, 0.2) is 24.3 Å². The summed E-state index contributed by atoms with van der Waals surface area (Å²) in [6, 6.07) is 4.58. The maximum atomic E-state index is 13.6. The Morgan fingerprint density at radius 1 is 0.957 bits per heavy atom. The lowest BCUT2D eigenvalue weighted by Crippen LogP contribution is -2.58. The van der Waals surface area contributed by atoms with Gasteiger partial charge in [-0.3, -0.25) is 14.4 Å². The average molecular weight is 665 g/mol. The van der Waals surface area contributed by atoms with Crippen LogP contribution in [0.1, 0.15) is 91.8 Å². The van der Waals surface area contributed by atoms with Crippen molar-refractivity contribution in [3.05, 3.63) is 35.4 Å². The monoisotopic (exact) mass is 664 g/mol. The molecule has 0 fully saturated rings. The van der Waals surface area contributed by atoms with Crippen LogP contribution in [-0.2, 0) is 25.5 Å². The molecule has 11 nitrogen and oxygen atoms in total. The number of thioether (sulfide) groups is 1. The molecule has 0 unspecified atom stereocenters. The van der Waals surface area contributed by atoms with E-state index in [9.17, 15) is 29.4 Å². The minimum absolute atomic E-state index is 0.0883. The first kappa shape index (κ1) is 39.3. The minimum atomic E-state index is -1.04. The van der Waals surface area contributed by atoms with Crippen molar-refractivity contribution in [3.63, 3.8) is 0 Å². The Morgan fingerprint density at radius 3 is 2.20 bits per heavy atom. The Kier molecular flexibility index (Phi) is 15.3. The SMILES string of the molecule is CSCC[C@H](NC(=O)[C@@H](NC(=O)OC(C)(C)C)C(C)C)C(=O)N[C@@H](CC(C)C)[C@@H](O)C[C@@H](C)C(=O)N[C@H]1c2ccccc2C[C@H]1O. The number of nitrogens with one attached hydrogen (secondary N) is 4. The first-order valence-electron chi connectivity index (χ1n) is 16.3. The quantitative estimate of drug-likeness (QED) is 0.156. The number of rotatable bonds is 16. The van der Waals surface area contributed by atoms with Gasteiger partial charge >= 0.3 is 6.09 Å². The molecule has 0 saturated carbocycles. The third kappa shape index (κ3) is 12.4. The minimum Gasteiger partial charge on any atom is -0.444 e. The van der Waals surface area contributed by atoms with Crippen LogP contribution in [0.4, 0.5) is 4.79 Å². The predicted molar refractivity (Wildman–Crippen MR) is 181 cm³/mol. The number of amides is 4. The van der Waals surface area contributed by atoms with Crippen molar-refractivity contribution in [2.24, 2.45) is 17.8 Å². The van der Waals surface area contributed by atoms with Crippen LogP contribution in [0.2, 0.25) is 0 Å². The van der Waals surface area contributed by atoms with Crippen LogP contribution < -0.4 is 21.3 Å². The van der Waals surface area contributed by atoms with Gasteiger partial charge in [0.2, 0.25) is 17.7 Å². The highest BCUT2D eigenvalue weighted by Gasteiger charge is 2.35. The molecule has 0 heterocycles. The first-order chi connectivity index (χ1) is 21.4. The van der Waals surface area contributed by atoms with Crippen LogP contribution in [0.3, 0.4) is 0 Å². The number of carbonyl (C=O) groups excluding carboxylic acids is 4. The maximum absolute atomic E-state index is 13.6. The van der Waals surface area contributed by atoms with Crippen molar-refractivity contribution in [3.8, 4) is 0 Å². The standard InChI is InChI=1S/C34H56N4O7S/c1-19(2)16-25(26(39)17-21(5)30(41)37-29-23-13-11-10-12-22(23)18-27(29)40)36-31(42)24(14-15-46-9)35-32(43)28(20(3)4)38-33(44)45-34(6,7)8/h10-13,19-21,24-29,39-40H,14-18H2,1-9H3,(H,35,43)(H,36,42)(H,37,41)(H,38,44)/t21-,24+,25+,26+,27-,28+,29+/m1/s1. The Balaban J connectivity index is 2.11. The number of ether oxygens (including phenoxy) is 1. The molecule has 0 radical (unpaired) electrons. The summed E-state index contributed by atoms with van der Waals surface area (Å²) in [6.07, 6.45) is 0.749. The van der Waals surface area contributed by atoms with Gasteiger partial charge in [0.25, 0.3) is 0 Å². The van der Waals surface area contributed by atoms with Gasteiger partial charge in [0.15, 0.2) is 0 Å². The number of fused-ring (bicyclic) bond motifs is 1. The number of carbonyl (C=O) groups is 4. The second kappa shape index (κ2) is 17.9. The molecule has 12 heteroatoms. The Bertz CT molecular complexity index is 1170. The summed E-state index contributed by atoms with van der Waals surface area (Å²) >= 11 is 1.53. The smallest absolute Gasteiger partial charge is 0.408 e. The lowest BCUT2D eigenvalue weighted by atomic mass is 9.92. The normalized spacial score (nSPS) is 19.4. The molecule has 0 aromatic heterocycles. The van der Waals surface area contributed by atoms with Crippen molar-refractivity contribution >= 4 is 35.6 Å². The zero-order chi connectivity index (χ0) is 34.8. The molecule has 0 bridgehead atoms. The maximum Gasteiger partial charge on any atom is 0.408 e. The van der Waals surface area contributed by atoms with Crippen molar-refractivity contribution in [1.82, 2.24) is 21.3 Å². The lowest BCUT2D eigenvalue weighted by molar-refractivity contribution is -0.131. The van der Waals surface area contributed by atoms with E-state index in [-0.39, 0.29) is 24.2 Å². The van der Waals surface area contributed by atoms with E-state index < -0.39 is 65.8 Å². The van der Waals surface area contributed by atoms with Crippen LogP contribution >= 0.6 is 11.8 Å². The lowest BCUT2D eigenvalue weighted by Gasteiger charge is -2.31. The summed E-state index contributed by atoms with van der Waals surface area (Å²) in [7, 11) is 0. The molecule has 1 aromatic rings.